The number of piperidine rings is 1. The number of hydrogen-bond acceptors (Lipinski definition) is 7. The van der Waals surface area contributed by atoms with Gasteiger partial charge in [0.1, 0.15) is 5.82 Å². The summed E-state index contributed by atoms with van der Waals surface area (Å²) in [5.74, 6) is 2.30. The summed E-state index contributed by atoms with van der Waals surface area (Å²) in [6.07, 6.45) is 4.85. The first-order valence-corrected chi connectivity index (χ1v) is 8.82. The predicted molar refractivity (Wildman–Crippen MR) is 95.1 cm³/mol. The first kappa shape index (κ1) is 16.0. The maximum atomic E-state index is 5.20. The van der Waals surface area contributed by atoms with Crippen LogP contribution in [0, 0.1) is 0 Å². The molecule has 0 spiro atoms. The molecule has 3 heterocycles. The first-order chi connectivity index (χ1) is 12.3. The second-order valence-electron chi connectivity index (χ2n) is 6.42. The minimum Gasteiger partial charge on any atom is -0.365 e. The van der Waals surface area contributed by atoms with Gasteiger partial charge in [-0.25, -0.2) is 4.98 Å². The van der Waals surface area contributed by atoms with E-state index in [2.05, 4.69) is 30.3 Å². The molecule has 25 heavy (non-hydrogen) atoms. The number of aryl methyl sites for hydroxylation is 1. The van der Waals surface area contributed by atoms with E-state index in [1.165, 1.54) is 0 Å². The van der Waals surface area contributed by atoms with Crippen LogP contribution in [0.25, 0.3) is 11.0 Å². The smallest absolute Gasteiger partial charge is 0.226 e. The van der Waals surface area contributed by atoms with E-state index < -0.39 is 0 Å². The fraction of sp³-hybridized carbons (Fsp3) is 0.444. The first-order valence-electron chi connectivity index (χ1n) is 8.82. The number of likely N-dealkylation sites (tertiary alicyclic amines) is 1. The summed E-state index contributed by atoms with van der Waals surface area (Å²) in [5.41, 5.74) is 1.83. The van der Waals surface area contributed by atoms with Crippen molar-refractivity contribution < 1.29 is 4.52 Å². The Morgan fingerprint density at radius 2 is 2.12 bits per heavy atom. The molecule has 0 saturated carbocycles. The van der Waals surface area contributed by atoms with E-state index in [0.717, 1.165) is 61.6 Å². The highest BCUT2D eigenvalue weighted by molar-refractivity contribution is 5.75. The zero-order valence-electron chi connectivity index (χ0n) is 14.4. The molecule has 0 aliphatic carbocycles. The number of aromatic nitrogens is 4. The number of nitrogens with zero attached hydrogens (tertiary/aromatic N) is 5. The Hall–Kier alpha value is -2.54. The molecule has 0 bridgehead atoms. The molecule has 4 rings (SSSR count). The third-order valence-corrected chi connectivity index (χ3v) is 4.48. The van der Waals surface area contributed by atoms with Crippen molar-refractivity contribution in [3.63, 3.8) is 0 Å². The van der Waals surface area contributed by atoms with Gasteiger partial charge in [-0.05, 0) is 31.5 Å². The van der Waals surface area contributed by atoms with Crippen LogP contribution in [0.15, 0.2) is 35.0 Å². The Bertz CT molecular complexity index is 848. The molecular formula is C18H22N6O. The summed E-state index contributed by atoms with van der Waals surface area (Å²) in [4.78, 5) is 15.9. The standard InChI is InChI=1S/C18H22N6O/c1-2-18-22-17(23-25-18)12-24-9-5-6-13(11-24)20-16-10-19-14-7-3-4-8-15(14)21-16/h3-4,7-8,10,13H,2,5-6,9,11-12H2,1H3,(H,20,21). The lowest BCUT2D eigenvalue weighted by atomic mass is 10.1. The highest BCUT2D eigenvalue weighted by Crippen LogP contribution is 2.18. The summed E-state index contributed by atoms with van der Waals surface area (Å²) in [7, 11) is 0. The highest BCUT2D eigenvalue weighted by atomic mass is 16.5. The third kappa shape index (κ3) is 3.76. The number of hydrogen-bond donors (Lipinski definition) is 1. The molecule has 1 fully saturated rings. The molecule has 2 aromatic heterocycles. The van der Waals surface area contributed by atoms with Crippen molar-refractivity contribution in [3.05, 3.63) is 42.2 Å². The van der Waals surface area contributed by atoms with Crippen molar-refractivity contribution in [2.24, 2.45) is 0 Å². The van der Waals surface area contributed by atoms with E-state index in [9.17, 15) is 0 Å². The minimum atomic E-state index is 0.349. The molecule has 0 amide bonds. The average molecular weight is 338 g/mol. The van der Waals surface area contributed by atoms with Crippen LogP contribution in [-0.2, 0) is 13.0 Å². The van der Waals surface area contributed by atoms with Crippen molar-refractivity contribution in [2.75, 3.05) is 18.4 Å². The van der Waals surface area contributed by atoms with Crippen molar-refractivity contribution in [3.8, 4) is 0 Å². The lowest BCUT2D eigenvalue weighted by Crippen LogP contribution is -2.41. The Labute approximate surface area is 146 Å². The Balaban J connectivity index is 1.40. The van der Waals surface area contributed by atoms with Crippen LogP contribution in [0.3, 0.4) is 0 Å². The maximum absolute atomic E-state index is 5.20. The van der Waals surface area contributed by atoms with Gasteiger partial charge in [0.2, 0.25) is 5.89 Å². The summed E-state index contributed by atoms with van der Waals surface area (Å²) < 4.78 is 5.20. The molecular weight excluding hydrogens is 316 g/mol. The zero-order valence-corrected chi connectivity index (χ0v) is 14.4. The van der Waals surface area contributed by atoms with Crippen molar-refractivity contribution in [1.29, 1.82) is 0 Å². The van der Waals surface area contributed by atoms with Crippen LogP contribution in [0.4, 0.5) is 5.82 Å². The van der Waals surface area contributed by atoms with Crippen LogP contribution in [0.5, 0.6) is 0 Å². The molecule has 1 unspecified atom stereocenters. The van der Waals surface area contributed by atoms with Gasteiger partial charge in [0.05, 0.1) is 23.8 Å². The Kier molecular flexibility index (Phi) is 4.56. The predicted octanol–water partition coefficient (Wildman–Crippen LogP) is 2.65. The number of rotatable bonds is 5. The molecule has 130 valence electrons. The molecule has 1 saturated heterocycles. The van der Waals surface area contributed by atoms with Gasteiger partial charge in [-0.1, -0.05) is 24.2 Å². The van der Waals surface area contributed by atoms with E-state index in [0.29, 0.717) is 11.9 Å². The maximum Gasteiger partial charge on any atom is 0.226 e. The quantitative estimate of drug-likeness (QED) is 0.766. The van der Waals surface area contributed by atoms with E-state index in [-0.39, 0.29) is 0 Å². The summed E-state index contributed by atoms with van der Waals surface area (Å²) in [5, 5.41) is 7.58. The van der Waals surface area contributed by atoms with Crippen LogP contribution >= 0.6 is 0 Å². The molecule has 3 aromatic rings. The Morgan fingerprint density at radius 3 is 2.96 bits per heavy atom. The van der Waals surface area contributed by atoms with Gasteiger partial charge >= 0.3 is 0 Å². The fourth-order valence-corrected chi connectivity index (χ4v) is 3.25. The van der Waals surface area contributed by atoms with Crippen LogP contribution in [0.1, 0.15) is 31.5 Å². The zero-order chi connectivity index (χ0) is 17.1. The highest BCUT2D eigenvalue weighted by Gasteiger charge is 2.21. The number of fused-ring (bicyclic) bond motifs is 1. The van der Waals surface area contributed by atoms with E-state index in [1.54, 1.807) is 0 Å². The van der Waals surface area contributed by atoms with Gasteiger partial charge in [-0.15, -0.1) is 0 Å². The molecule has 7 heteroatoms. The van der Waals surface area contributed by atoms with Gasteiger partial charge in [0, 0.05) is 19.0 Å². The fourth-order valence-electron chi connectivity index (χ4n) is 3.25. The lowest BCUT2D eigenvalue weighted by molar-refractivity contribution is 0.201. The average Bonchev–Trinajstić information content (AvgIpc) is 3.09. The van der Waals surface area contributed by atoms with Gasteiger partial charge < -0.3 is 9.84 Å². The van der Waals surface area contributed by atoms with E-state index in [1.807, 2.05) is 37.4 Å². The van der Waals surface area contributed by atoms with Gasteiger partial charge in [-0.2, -0.15) is 4.98 Å². The second-order valence-corrected chi connectivity index (χ2v) is 6.42. The normalized spacial score (nSPS) is 18.5. The van der Waals surface area contributed by atoms with Crippen molar-refractivity contribution in [1.82, 2.24) is 25.0 Å². The SMILES string of the molecule is CCc1nc(CN2CCCC(Nc3cnc4ccccc4n3)C2)no1. The molecule has 7 nitrogen and oxygen atoms in total. The summed E-state index contributed by atoms with van der Waals surface area (Å²) >= 11 is 0. The second kappa shape index (κ2) is 7.14. The van der Waals surface area contributed by atoms with Gasteiger partial charge in [0.25, 0.3) is 0 Å². The van der Waals surface area contributed by atoms with E-state index >= 15 is 0 Å². The molecule has 1 atom stereocenters. The van der Waals surface area contributed by atoms with Crippen molar-refractivity contribution >= 4 is 16.9 Å². The number of benzene rings is 1. The number of nitrogens with one attached hydrogen (secondary N) is 1. The third-order valence-electron chi connectivity index (χ3n) is 4.48. The molecule has 1 aliphatic heterocycles. The largest absolute Gasteiger partial charge is 0.365 e. The van der Waals surface area contributed by atoms with Crippen molar-refractivity contribution in [2.45, 2.75) is 38.8 Å². The topological polar surface area (TPSA) is 80.0 Å². The minimum absolute atomic E-state index is 0.349. The summed E-state index contributed by atoms with van der Waals surface area (Å²) in [6, 6.07) is 8.28. The lowest BCUT2D eigenvalue weighted by Gasteiger charge is -2.32. The van der Waals surface area contributed by atoms with Crippen LogP contribution in [-0.4, -0.2) is 44.1 Å². The van der Waals surface area contributed by atoms with Gasteiger partial charge in [-0.3, -0.25) is 9.88 Å². The number of anilines is 1. The molecule has 1 aliphatic rings. The van der Waals surface area contributed by atoms with Crippen LogP contribution < -0.4 is 5.32 Å². The van der Waals surface area contributed by atoms with Gasteiger partial charge in [0.15, 0.2) is 5.82 Å². The molecule has 1 N–H and O–H groups in total. The summed E-state index contributed by atoms with van der Waals surface area (Å²) in [6.45, 7) is 4.73. The molecule has 1 aromatic carbocycles. The molecule has 0 radical (unpaired) electrons. The Morgan fingerprint density at radius 1 is 1.24 bits per heavy atom. The van der Waals surface area contributed by atoms with E-state index in [4.69, 9.17) is 4.52 Å². The number of para-hydroxylation sites is 2. The monoisotopic (exact) mass is 338 g/mol. The van der Waals surface area contributed by atoms with Crippen LogP contribution in [0.2, 0.25) is 0 Å².